The summed E-state index contributed by atoms with van der Waals surface area (Å²) in [6, 6.07) is 14.2. The number of hydrogen-bond acceptors (Lipinski definition) is 5. The number of H-pyrrole nitrogens is 1. The van der Waals surface area contributed by atoms with E-state index in [1.165, 1.54) is 5.39 Å². The van der Waals surface area contributed by atoms with Crippen LogP contribution in [0.1, 0.15) is 5.56 Å². The highest BCUT2D eigenvalue weighted by Gasteiger charge is 1.97. The molecule has 0 fully saturated rings. The van der Waals surface area contributed by atoms with Crippen molar-refractivity contribution in [3.63, 3.8) is 0 Å². The molecule has 18 heavy (non-hydrogen) atoms. The van der Waals surface area contributed by atoms with E-state index in [4.69, 9.17) is 0 Å². The molecule has 6 nitrogen and oxygen atoms in total. The maximum absolute atomic E-state index is 4.07. The fourth-order valence-electron chi connectivity index (χ4n) is 1.73. The van der Waals surface area contributed by atoms with Crippen molar-refractivity contribution in [2.45, 2.75) is 0 Å². The summed E-state index contributed by atoms with van der Waals surface area (Å²) in [6.07, 6.45) is 1.73. The van der Waals surface area contributed by atoms with Gasteiger partial charge in [-0.1, -0.05) is 47.6 Å². The van der Waals surface area contributed by atoms with Crippen LogP contribution in [0.4, 0.5) is 5.95 Å². The van der Waals surface area contributed by atoms with Gasteiger partial charge in [0.1, 0.15) is 0 Å². The summed E-state index contributed by atoms with van der Waals surface area (Å²) in [5.74, 6) is 0.339. The lowest BCUT2D eigenvalue weighted by atomic mass is 10.1. The molecule has 0 aliphatic carbocycles. The normalized spacial score (nSPS) is 11.1. The highest BCUT2D eigenvalue weighted by molar-refractivity contribution is 5.99. The van der Waals surface area contributed by atoms with Crippen molar-refractivity contribution < 1.29 is 0 Å². The minimum atomic E-state index is 0.339. The van der Waals surface area contributed by atoms with E-state index in [1.54, 1.807) is 6.21 Å². The second kappa shape index (κ2) is 4.62. The molecule has 2 N–H and O–H groups in total. The highest BCUT2D eigenvalue weighted by atomic mass is 15.5. The lowest BCUT2D eigenvalue weighted by Gasteiger charge is -2.00. The molecule has 0 aliphatic heterocycles. The molecule has 3 aromatic rings. The summed E-state index contributed by atoms with van der Waals surface area (Å²) >= 11 is 0. The molecule has 1 aromatic heterocycles. The summed E-state index contributed by atoms with van der Waals surface area (Å²) in [7, 11) is 0. The number of rotatable bonds is 3. The molecule has 2 aromatic carbocycles. The van der Waals surface area contributed by atoms with Gasteiger partial charge in [-0.05, 0) is 16.0 Å². The Balaban J connectivity index is 1.88. The lowest BCUT2D eigenvalue weighted by molar-refractivity contribution is 0.881. The zero-order chi connectivity index (χ0) is 12.2. The summed E-state index contributed by atoms with van der Waals surface area (Å²) < 4.78 is 0. The second-order valence-electron chi connectivity index (χ2n) is 3.67. The summed E-state index contributed by atoms with van der Waals surface area (Å²) in [5.41, 5.74) is 3.72. The zero-order valence-electron chi connectivity index (χ0n) is 9.41. The zero-order valence-corrected chi connectivity index (χ0v) is 9.41. The quantitative estimate of drug-likeness (QED) is 0.538. The maximum atomic E-state index is 4.07. The molecular formula is C12H10N6. The molecule has 3 rings (SSSR count). The number of aromatic amines is 1. The van der Waals surface area contributed by atoms with Gasteiger partial charge in [0.15, 0.2) is 0 Å². The van der Waals surface area contributed by atoms with E-state index in [2.05, 4.69) is 49.4 Å². The number of tetrazole rings is 1. The minimum absolute atomic E-state index is 0.339. The Hall–Kier alpha value is -2.76. The molecule has 0 unspecified atom stereocenters. The van der Waals surface area contributed by atoms with Gasteiger partial charge >= 0.3 is 0 Å². The number of aromatic nitrogens is 4. The van der Waals surface area contributed by atoms with Gasteiger partial charge in [0.25, 0.3) is 5.95 Å². The Morgan fingerprint density at radius 1 is 1.11 bits per heavy atom. The van der Waals surface area contributed by atoms with Crippen LogP contribution in [0.2, 0.25) is 0 Å². The average Bonchev–Trinajstić information content (AvgIpc) is 2.92. The van der Waals surface area contributed by atoms with Gasteiger partial charge in [0.05, 0.1) is 6.21 Å². The Labute approximate surface area is 103 Å². The molecule has 0 atom stereocenters. The third kappa shape index (κ3) is 2.03. The van der Waals surface area contributed by atoms with E-state index < -0.39 is 0 Å². The van der Waals surface area contributed by atoms with Crippen molar-refractivity contribution in [1.82, 2.24) is 20.6 Å². The molecule has 0 radical (unpaired) electrons. The number of nitrogens with one attached hydrogen (secondary N) is 2. The third-order valence-electron chi connectivity index (χ3n) is 2.54. The summed E-state index contributed by atoms with van der Waals surface area (Å²) in [4.78, 5) is 0. The van der Waals surface area contributed by atoms with Crippen LogP contribution in [-0.4, -0.2) is 26.8 Å². The van der Waals surface area contributed by atoms with E-state index in [-0.39, 0.29) is 0 Å². The van der Waals surface area contributed by atoms with E-state index in [9.17, 15) is 0 Å². The van der Waals surface area contributed by atoms with Gasteiger partial charge in [0, 0.05) is 5.56 Å². The third-order valence-corrected chi connectivity index (χ3v) is 2.54. The Morgan fingerprint density at radius 2 is 2.00 bits per heavy atom. The summed E-state index contributed by atoms with van der Waals surface area (Å²) in [6.45, 7) is 0. The first kappa shape index (κ1) is 10.4. The molecular weight excluding hydrogens is 228 g/mol. The predicted molar refractivity (Wildman–Crippen MR) is 69.3 cm³/mol. The van der Waals surface area contributed by atoms with Crippen LogP contribution >= 0.6 is 0 Å². The molecule has 0 aliphatic rings. The van der Waals surface area contributed by atoms with E-state index in [0.29, 0.717) is 5.95 Å². The standard InChI is InChI=1S/C12H10N6/c1-2-7-11-9(4-1)5-3-6-10(11)8-13-14-12-15-17-18-16-12/h1-8H,(H2,14,15,16,17,18)/b13-8+. The fraction of sp³-hybridized carbons (Fsp3) is 0. The Kier molecular flexibility index (Phi) is 2.67. The SMILES string of the molecule is C(=N\Nc1nn[nH]n1)/c1cccc2ccccc12. The van der Waals surface area contributed by atoms with Gasteiger partial charge < -0.3 is 0 Å². The predicted octanol–water partition coefficient (Wildman–Crippen LogP) is 1.80. The van der Waals surface area contributed by atoms with E-state index in [1.807, 2.05) is 24.3 Å². The maximum Gasteiger partial charge on any atom is 0.283 e. The van der Waals surface area contributed by atoms with Gasteiger partial charge in [-0.2, -0.15) is 10.3 Å². The monoisotopic (exact) mass is 238 g/mol. The van der Waals surface area contributed by atoms with Gasteiger partial charge in [-0.3, -0.25) is 0 Å². The minimum Gasteiger partial charge on any atom is -0.243 e. The number of hydrazone groups is 1. The molecule has 0 bridgehead atoms. The van der Waals surface area contributed by atoms with Crippen molar-refractivity contribution in [3.05, 3.63) is 48.0 Å². The molecule has 1 heterocycles. The number of anilines is 1. The first-order valence-electron chi connectivity index (χ1n) is 5.44. The van der Waals surface area contributed by atoms with Gasteiger partial charge in [0.2, 0.25) is 0 Å². The van der Waals surface area contributed by atoms with Crippen molar-refractivity contribution in [3.8, 4) is 0 Å². The molecule has 0 amide bonds. The van der Waals surface area contributed by atoms with Crippen molar-refractivity contribution in [2.24, 2.45) is 5.10 Å². The van der Waals surface area contributed by atoms with Crippen LogP contribution in [0.5, 0.6) is 0 Å². The lowest BCUT2D eigenvalue weighted by Crippen LogP contribution is -1.93. The van der Waals surface area contributed by atoms with E-state index in [0.717, 1.165) is 10.9 Å². The van der Waals surface area contributed by atoms with Crippen LogP contribution in [0.3, 0.4) is 0 Å². The second-order valence-corrected chi connectivity index (χ2v) is 3.67. The smallest absolute Gasteiger partial charge is 0.243 e. The van der Waals surface area contributed by atoms with Gasteiger partial charge in [-0.15, -0.1) is 5.10 Å². The largest absolute Gasteiger partial charge is 0.283 e. The Morgan fingerprint density at radius 3 is 2.89 bits per heavy atom. The van der Waals surface area contributed by atoms with Crippen LogP contribution < -0.4 is 5.43 Å². The Bertz CT molecular complexity index is 669. The van der Waals surface area contributed by atoms with Crippen LogP contribution in [0.15, 0.2) is 47.6 Å². The first-order chi connectivity index (χ1) is 8.93. The van der Waals surface area contributed by atoms with Crippen LogP contribution in [0, 0.1) is 0 Å². The first-order valence-corrected chi connectivity index (χ1v) is 5.44. The van der Waals surface area contributed by atoms with Crippen molar-refractivity contribution in [1.29, 1.82) is 0 Å². The molecule has 0 saturated carbocycles. The number of benzene rings is 2. The molecule has 6 heteroatoms. The van der Waals surface area contributed by atoms with Crippen molar-refractivity contribution in [2.75, 3.05) is 5.43 Å². The van der Waals surface area contributed by atoms with Gasteiger partial charge in [-0.25, -0.2) is 5.43 Å². The average molecular weight is 238 g/mol. The molecule has 88 valence electrons. The van der Waals surface area contributed by atoms with Crippen molar-refractivity contribution >= 4 is 22.9 Å². The fourth-order valence-corrected chi connectivity index (χ4v) is 1.73. The number of hydrogen-bond donors (Lipinski definition) is 2. The van der Waals surface area contributed by atoms with Crippen LogP contribution in [0.25, 0.3) is 10.8 Å². The van der Waals surface area contributed by atoms with Crippen LogP contribution in [-0.2, 0) is 0 Å². The molecule has 0 saturated heterocycles. The highest BCUT2D eigenvalue weighted by Crippen LogP contribution is 2.16. The topological polar surface area (TPSA) is 78.9 Å². The number of nitrogens with zero attached hydrogens (tertiary/aromatic N) is 4. The number of fused-ring (bicyclic) bond motifs is 1. The van der Waals surface area contributed by atoms with E-state index >= 15 is 0 Å². The summed E-state index contributed by atoms with van der Waals surface area (Å²) in [5, 5.41) is 19.6. The molecule has 0 spiro atoms.